The summed E-state index contributed by atoms with van der Waals surface area (Å²) in [6.45, 7) is 2.86. The molecule has 0 saturated heterocycles. The number of halogens is 3. The fraction of sp³-hybridized carbons (Fsp3) is 0.250. The van der Waals surface area contributed by atoms with Crippen LogP contribution in [0.5, 0.6) is 5.75 Å². The average molecular weight is 328 g/mol. The summed E-state index contributed by atoms with van der Waals surface area (Å²) >= 11 is 11.7. The Bertz CT molecular complexity index is 619. The zero-order valence-electron chi connectivity index (χ0n) is 11.6. The Morgan fingerprint density at radius 2 is 2.00 bits per heavy atom. The molecule has 0 amide bonds. The summed E-state index contributed by atoms with van der Waals surface area (Å²) in [5.74, 6) is 0.735. The van der Waals surface area contributed by atoms with Gasteiger partial charge in [0.25, 0.3) is 0 Å². The van der Waals surface area contributed by atoms with Gasteiger partial charge in [0.05, 0.1) is 17.5 Å². The summed E-state index contributed by atoms with van der Waals surface area (Å²) in [5.41, 5.74) is 2.27. The van der Waals surface area contributed by atoms with Gasteiger partial charge in [0.1, 0.15) is 11.6 Å². The van der Waals surface area contributed by atoms with E-state index in [0.29, 0.717) is 24.6 Å². The number of nitrogens with one attached hydrogen (secondary N) is 1. The predicted octanol–water partition coefficient (Wildman–Crippen LogP) is 5.23. The standard InChI is InChI=1S/C16H16Cl2FNO/c1-2-21-15-7-6-13(8-12(15)9-17)20-10-11-4-3-5-14(18)16(11)19/h3-8,20H,2,9-10H2,1H3. The molecular weight excluding hydrogens is 312 g/mol. The molecule has 0 bridgehead atoms. The Balaban J connectivity index is 2.11. The van der Waals surface area contributed by atoms with Gasteiger partial charge in [-0.3, -0.25) is 0 Å². The van der Waals surface area contributed by atoms with Crippen LogP contribution in [0, 0.1) is 5.82 Å². The zero-order valence-corrected chi connectivity index (χ0v) is 13.1. The van der Waals surface area contributed by atoms with Crippen molar-refractivity contribution >= 4 is 28.9 Å². The van der Waals surface area contributed by atoms with Crippen LogP contribution in [0.1, 0.15) is 18.1 Å². The highest BCUT2D eigenvalue weighted by Crippen LogP contribution is 2.25. The second kappa shape index (κ2) is 7.53. The molecule has 21 heavy (non-hydrogen) atoms. The fourth-order valence-corrected chi connectivity index (χ4v) is 2.38. The van der Waals surface area contributed by atoms with Gasteiger partial charge in [-0.2, -0.15) is 0 Å². The average Bonchev–Trinajstić information content (AvgIpc) is 2.50. The normalized spacial score (nSPS) is 10.5. The Morgan fingerprint density at radius 1 is 1.19 bits per heavy atom. The van der Waals surface area contributed by atoms with Crippen molar-refractivity contribution in [3.63, 3.8) is 0 Å². The van der Waals surface area contributed by atoms with Crippen molar-refractivity contribution in [1.29, 1.82) is 0 Å². The van der Waals surface area contributed by atoms with E-state index < -0.39 is 5.82 Å². The SMILES string of the molecule is CCOc1ccc(NCc2cccc(Cl)c2F)cc1CCl. The maximum absolute atomic E-state index is 13.8. The molecule has 2 nitrogen and oxygen atoms in total. The third-order valence-corrected chi connectivity index (χ3v) is 3.60. The molecule has 0 atom stereocenters. The highest BCUT2D eigenvalue weighted by molar-refractivity contribution is 6.30. The fourth-order valence-electron chi connectivity index (χ4n) is 1.97. The maximum Gasteiger partial charge on any atom is 0.146 e. The number of benzene rings is 2. The Hall–Kier alpha value is -1.45. The second-order valence-corrected chi connectivity index (χ2v) is 5.13. The summed E-state index contributed by atoms with van der Waals surface area (Å²) in [5, 5.41) is 3.29. The van der Waals surface area contributed by atoms with Crippen LogP contribution in [-0.2, 0) is 12.4 Å². The van der Waals surface area contributed by atoms with Gasteiger partial charge < -0.3 is 10.1 Å². The molecule has 0 aliphatic heterocycles. The third-order valence-electron chi connectivity index (χ3n) is 3.02. The van der Waals surface area contributed by atoms with E-state index in [-0.39, 0.29) is 5.02 Å². The van der Waals surface area contributed by atoms with E-state index in [1.165, 1.54) is 6.07 Å². The van der Waals surface area contributed by atoms with E-state index in [1.54, 1.807) is 12.1 Å². The van der Waals surface area contributed by atoms with Crippen molar-refractivity contribution in [2.45, 2.75) is 19.3 Å². The first-order valence-corrected chi connectivity index (χ1v) is 7.55. The van der Waals surface area contributed by atoms with Crippen LogP contribution < -0.4 is 10.1 Å². The lowest BCUT2D eigenvalue weighted by atomic mass is 10.1. The van der Waals surface area contributed by atoms with E-state index in [1.807, 2.05) is 25.1 Å². The van der Waals surface area contributed by atoms with Crippen LogP contribution in [0.3, 0.4) is 0 Å². The van der Waals surface area contributed by atoms with Crippen LogP contribution in [0.2, 0.25) is 5.02 Å². The number of rotatable bonds is 6. The van der Waals surface area contributed by atoms with Crippen molar-refractivity contribution in [1.82, 2.24) is 0 Å². The summed E-state index contributed by atoms with van der Waals surface area (Å²) in [4.78, 5) is 0. The Labute approximate surface area is 133 Å². The lowest BCUT2D eigenvalue weighted by Gasteiger charge is -2.12. The van der Waals surface area contributed by atoms with E-state index in [4.69, 9.17) is 27.9 Å². The van der Waals surface area contributed by atoms with Crippen LogP contribution >= 0.6 is 23.2 Å². The van der Waals surface area contributed by atoms with Gasteiger partial charge in [0.15, 0.2) is 0 Å². The van der Waals surface area contributed by atoms with E-state index >= 15 is 0 Å². The summed E-state index contributed by atoms with van der Waals surface area (Å²) in [6.07, 6.45) is 0. The highest BCUT2D eigenvalue weighted by atomic mass is 35.5. The number of ether oxygens (including phenoxy) is 1. The lowest BCUT2D eigenvalue weighted by Crippen LogP contribution is -2.03. The molecular formula is C16H16Cl2FNO. The summed E-state index contributed by atoms with van der Waals surface area (Å²) in [7, 11) is 0. The molecule has 2 aromatic carbocycles. The van der Waals surface area contributed by atoms with Crippen LogP contribution in [0.4, 0.5) is 10.1 Å². The molecule has 0 radical (unpaired) electrons. The van der Waals surface area contributed by atoms with Crippen molar-refractivity contribution in [3.05, 3.63) is 58.4 Å². The third kappa shape index (κ3) is 4.02. The first-order valence-electron chi connectivity index (χ1n) is 6.64. The predicted molar refractivity (Wildman–Crippen MR) is 85.9 cm³/mol. The number of anilines is 1. The maximum atomic E-state index is 13.8. The molecule has 1 N–H and O–H groups in total. The molecule has 5 heteroatoms. The molecule has 0 aliphatic carbocycles. The minimum atomic E-state index is -0.393. The molecule has 0 saturated carbocycles. The summed E-state index contributed by atoms with van der Waals surface area (Å²) < 4.78 is 19.3. The Morgan fingerprint density at radius 3 is 2.71 bits per heavy atom. The Kier molecular flexibility index (Phi) is 5.71. The van der Waals surface area contributed by atoms with Gasteiger partial charge in [0.2, 0.25) is 0 Å². The van der Waals surface area contributed by atoms with Crippen molar-refractivity contribution in [3.8, 4) is 5.75 Å². The van der Waals surface area contributed by atoms with Gasteiger partial charge in [-0.1, -0.05) is 23.7 Å². The van der Waals surface area contributed by atoms with E-state index in [9.17, 15) is 4.39 Å². The molecule has 2 rings (SSSR count). The van der Waals surface area contributed by atoms with Gasteiger partial charge >= 0.3 is 0 Å². The van der Waals surface area contributed by atoms with Crippen molar-refractivity contribution in [2.24, 2.45) is 0 Å². The first kappa shape index (κ1) is 15.9. The zero-order chi connectivity index (χ0) is 15.2. The molecule has 0 heterocycles. The van der Waals surface area contributed by atoms with Gasteiger partial charge in [0, 0.05) is 23.4 Å². The molecule has 0 fully saturated rings. The molecule has 2 aromatic rings. The molecule has 0 unspecified atom stereocenters. The number of alkyl halides is 1. The number of hydrogen-bond acceptors (Lipinski definition) is 2. The van der Waals surface area contributed by atoms with Gasteiger partial charge in [-0.15, -0.1) is 11.6 Å². The molecule has 0 spiro atoms. The second-order valence-electron chi connectivity index (χ2n) is 4.46. The monoisotopic (exact) mass is 327 g/mol. The first-order chi connectivity index (χ1) is 10.2. The van der Waals surface area contributed by atoms with E-state index in [0.717, 1.165) is 17.0 Å². The lowest BCUT2D eigenvalue weighted by molar-refractivity contribution is 0.337. The van der Waals surface area contributed by atoms with Crippen LogP contribution in [-0.4, -0.2) is 6.61 Å². The quantitative estimate of drug-likeness (QED) is 0.733. The smallest absolute Gasteiger partial charge is 0.146 e. The topological polar surface area (TPSA) is 21.3 Å². The summed E-state index contributed by atoms with van der Waals surface area (Å²) in [6, 6.07) is 10.6. The van der Waals surface area contributed by atoms with Gasteiger partial charge in [-0.05, 0) is 31.2 Å². The largest absolute Gasteiger partial charge is 0.494 e. The minimum absolute atomic E-state index is 0.127. The van der Waals surface area contributed by atoms with Crippen LogP contribution in [0.15, 0.2) is 36.4 Å². The van der Waals surface area contributed by atoms with Crippen molar-refractivity contribution < 1.29 is 9.13 Å². The molecule has 112 valence electrons. The van der Waals surface area contributed by atoms with E-state index in [2.05, 4.69) is 5.32 Å². The molecule has 0 aromatic heterocycles. The van der Waals surface area contributed by atoms with Crippen molar-refractivity contribution in [2.75, 3.05) is 11.9 Å². The number of hydrogen-bond donors (Lipinski definition) is 1. The minimum Gasteiger partial charge on any atom is -0.494 e. The highest BCUT2D eigenvalue weighted by Gasteiger charge is 2.07. The van der Waals surface area contributed by atoms with Gasteiger partial charge in [-0.25, -0.2) is 4.39 Å². The molecule has 0 aliphatic rings. The van der Waals surface area contributed by atoms with Crippen LogP contribution in [0.25, 0.3) is 0 Å².